The van der Waals surface area contributed by atoms with E-state index in [1.807, 2.05) is 44.2 Å². The van der Waals surface area contributed by atoms with Gasteiger partial charge in [0.2, 0.25) is 6.29 Å². The Morgan fingerprint density at radius 2 is 1.74 bits per heavy atom. The number of carbonyl (C=O) groups is 2. The van der Waals surface area contributed by atoms with Gasteiger partial charge in [-0.25, -0.2) is 4.79 Å². The molecule has 0 bridgehead atoms. The molecule has 11 heteroatoms. The third-order valence-corrected chi connectivity index (χ3v) is 8.07. The highest BCUT2D eigenvalue weighted by Gasteiger charge is 2.55. The van der Waals surface area contributed by atoms with E-state index in [0.717, 1.165) is 17.7 Å². The molecule has 1 aliphatic rings. The summed E-state index contributed by atoms with van der Waals surface area (Å²) in [4.78, 5) is 25.3. The van der Waals surface area contributed by atoms with Crippen molar-refractivity contribution in [3.63, 3.8) is 0 Å². The van der Waals surface area contributed by atoms with Gasteiger partial charge in [-0.1, -0.05) is 44.2 Å². The predicted molar refractivity (Wildman–Crippen MR) is 155 cm³/mol. The fraction of sp³-hybridized carbons (Fsp3) is 0.438. The van der Waals surface area contributed by atoms with Crippen LogP contribution in [-0.2, 0) is 11.2 Å². The highest BCUT2D eigenvalue weighted by molar-refractivity contribution is 6.11. The second kappa shape index (κ2) is 12.9. The smallest absolute Gasteiger partial charge is 0.335 e. The molecule has 1 fully saturated rings. The molecule has 1 heterocycles. The number of carboxylic acid groups (broad SMARTS) is 1. The average Bonchev–Trinajstić information content (AvgIpc) is 2.98. The summed E-state index contributed by atoms with van der Waals surface area (Å²) in [7, 11) is 0. The molecule has 0 unspecified atom stereocenters. The van der Waals surface area contributed by atoms with Gasteiger partial charge in [0.05, 0.1) is 23.1 Å². The van der Waals surface area contributed by atoms with Gasteiger partial charge >= 0.3 is 5.97 Å². The number of aliphatic hydroxyl groups is 4. The van der Waals surface area contributed by atoms with Crippen molar-refractivity contribution in [3.8, 4) is 17.2 Å². The van der Waals surface area contributed by atoms with E-state index in [4.69, 9.17) is 9.47 Å². The molecule has 0 radical (unpaired) electrons. The van der Waals surface area contributed by atoms with Crippen LogP contribution in [0, 0.1) is 12.8 Å². The first-order chi connectivity index (χ1) is 20.3. The second-order valence-electron chi connectivity index (χ2n) is 11.5. The lowest BCUT2D eigenvalue weighted by atomic mass is 9.79. The normalized spacial score (nSPS) is 23.9. The first-order valence-corrected chi connectivity index (χ1v) is 14.1. The number of carbonyl (C=O) groups excluding carboxylic acids is 1. The SMILES string of the molecule is Cc1c(C(=O)CCc2ccccc2)c(O)c2c(O[C@@H]3O[C@H](CO)[C@](O)(CCC(C)C)[C@H](O)[C@H]3O)cc(C(=O)O)cc2c1O. The minimum atomic E-state index is -2.01. The molecule has 11 nitrogen and oxygen atoms in total. The van der Waals surface area contributed by atoms with Crippen LogP contribution in [0.25, 0.3) is 10.8 Å². The van der Waals surface area contributed by atoms with E-state index in [0.29, 0.717) is 12.8 Å². The summed E-state index contributed by atoms with van der Waals surface area (Å²) in [5.41, 5.74) is -1.62. The summed E-state index contributed by atoms with van der Waals surface area (Å²) in [5, 5.41) is 74.9. The molecule has 7 N–H and O–H groups in total. The predicted octanol–water partition coefficient (Wildman–Crippen LogP) is 3.06. The second-order valence-corrected chi connectivity index (χ2v) is 11.5. The number of Topliss-reactive ketones (excluding diaryl/α,β-unsaturated/α-hetero) is 1. The van der Waals surface area contributed by atoms with Gasteiger partial charge in [-0.3, -0.25) is 4.79 Å². The van der Waals surface area contributed by atoms with E-state index >= 15 is 0 Å². The third-order valence-electron chi connectivity index (χ3n) is 8.07. The summed E-state index contributed by atoms with van der Waals surface area (Å²) in [6.45, 7) is 4.49. The van der Waals surface area contributed by atoms with Crippen LogP contribution >= 0.6 is 0 Å². The zero-order chi connectivity index (χ0) is 31.6. The number of carboxylic acids is 1. The number of aryl methyl sites for hydroxylation is 1. The van der Waals surface area contributed by atoms with Crippen LogP contribution in [0.4, 0.5) is 0 Å². The molecule has 1 aliphatic heterocycles. The molecule has 4 rings (SSSR count). The van der Waals surface area contributed by atoms with Crippen molar-refractivity contribution >= 4 is 22.5 Å². The van der Waals surface area contributed by atoms with Crippen LogP contribution < -0.4 is 4.74 Å². The highest BCUT2D eigenvalue weighted by atomic mass is 16.7. The van der Waals surface area contributed by atoms with Crippen molar-refractivity contribution < 1.29 is 54.8 Å². The van der Waals surface area contributed by atoms with Crippen LogP contribution in [-0.4, -0.2) is 84.3 Å². The molecule has 43 heavy (non-hydrogen) atoms. The summed E-state index contributed by atoms with van der Waals surface area (Å²) >= 11 is 0. The Hall–Kier alpha value is -3.74. The first-order valence-electron chi connectivity index (χ1n) is 14.1. The number of ketones is 1. The van der Waals surface area contributed by atoms with Gasteiger partial charge in [-0.2, -0.15) is 0 Å². The number of aromatic carboxylic acids is 1. The Kier molecular flexibility index (Phi) is 9.63. The Bertz CT molecular complexity index is 1480. The zero-order valence-electron chi connectivity index (χ0n) is 24.2. The number of hydrogen-bond donors (Lipinski definition) is 7. The quantitative estimate of drug-likeness (QED) is 0.127. The van der Waals surface area contributed by atoms with Gasteiger partial charge in [0.25, 0.3) is 0 Å². The first kappa shape index (κ1) is 32.2. The van der Waals surface area contributed by atoms with Crippen molar-refractivity contribution in [1.82, 2.24) is 0 Å². The summed E-state index contributed by atoms with van der Waals surface area (Å²) < 4.78 is 11.5. The van der Waals surface area contributed by atoms with Gasteiger partial charge < -0.3 is 45.2 Å². The number of phenols is 2. The minimum absolute atomic E-state index is 0.000655. The van der Waals surface area contributed by atoms with E-state index in [1.54, 1.807) is 0 Å². The number of aromatic hydroxyl groups is 2. The molecule has 5 atom stereocenters. The number of ether oxygens (including phenoxy) is 2. The van der Waals surface area contributed by atoms with E-state index in [-0.39, 0.29) is 52.0 Å². The maximum atomic E-state index is 13.3. The number of rotatable bonds is 11. The Labute approximate surface area is 248 Å². The van der Waals surface area contributed by atoms with Crippen LogP contribution in [0.15, 0.2) is 42.5 Å². The maximum Gasteiger partial charge on any atom is 0.335 e. The highest BCUT2D eigenvalue weighted by Crippen LogP contribution is 2.46. The average molecular weight is 599 g/mol. The van der Waals surface area contributed by atoms with Crippen LogP contribution in [0.3, 0.4) is 0 Å². The van der Waals surface area contributed by atoms with E-state index in [2.05, 4.69) is 0 Å². The van der Waals surface area contributed by atoms with Crippen molar-refractivity contribution in [2.75, 3.05) is 6.61 Å². The lowest BCUT2D eigenvalue weighted by Gasteiger charge is -2.48. The van der Waals surface area contributed by atoms with Crippen LogP contribution in [0.2, 0.25) is 0 Å². The molecule has 0 aliphatic carbocycles. The Balaban J connectivity index is 1.77. The summed E-state index contributed by atoms with van der Waals surface area (Å²) in [5.74, 6) is -3.15. The number of benzene rings is 3. The van der Waals surface area contributed by atoms with Gasteiger partial charge in [0.15, 0.2) is 5.78 Å². The van der Waals surface area contributed by atoms with E-state index < -0.39 is 60.1 Å². The van der Waals surface area contributed by atoms with Gasteiger partial charge in [0, 0.05) is 17.4 Å². The number of hydrogen-bond acceptors (Lipinski definition) is 10. The van der Waals surface area contributed by atoms with Crippen LogP contribution in [0.1, 0.15) is 65.0 Å². The lowest BCUT2D eigenvalue weighted by Crippen LogP contribution is -2.67. The molecule has 0 amide bonds. The molecule has 0 spiro atoms. The van der Waals surface area contributed by atoms with Crippen LogP contribution in [0.5, 0.6) is 17.2 Å². The summed E-state index contributed by atoms with van der Waals surface area (Å²) in [6.07, 6.45) is -6.00. The molecule has 3 aromatic rings. The molecule has 1 saturated heterocycles. The van der Waals surface area contributed by atoms with Gasteiger partial charge in [-0.15, -0.1) is 0 Å². The fourth-order valence-electron chi connectivity index (χ4n) is 5.50. The molecule has 3 aromatic carbocycles. The number of fused-ring (bicyclic) bond motifs is 1. The largest absolute Gasteiger partial charge is 0.507 e. The van der Waals surface area contributed by atoms with E-state index in [1.165, 1.54) is 6.92 Å². The third kappa shape index (κ3) is 6.31. The molecule has 0 aromatic heterocycles. The number of phenolic OH excluding ortho intramolecular Hbond substituents is 2. The number of aliphatic hydroxyl groups excluding tert-OH is 3. The van der Waals surface area contributed by atoms with Crippen molar-refractivity contribution in [3.05, 3.63) is 64.7 Å². The zero-order valence-corrected chi connectivity index (χ0v) is 24.2. The van der Waals surface area contributed by atoms with E-state index in [9.17, 15) is 45.3 Å². The molecule has 232 valence electrons. The maximum absolute atomic E-state index is 13.3. The molecular weight excluding hydrogens is 560 g/mol. The topological polar surface area (TPSA) is 194 Å². The molecule has 0 saturated carbocycles. The van der Waals surface area contributed by atoms with Crippen molar-refractivity contribution in [1.29, 1.82) is 0 Å². The molecular formula is C32H38O11. The lowest BCUT2D eigenvalue weighted by molar-refractivity contribution is -0.315. The summed E-state index contributed by atoms with van der Waals surface area (Å²) in [6, 6.07) is 11.3. The minimum Gasteiger partial charge on any atom is -0.507 e. The van der Waals surface area contributed by atoms with Crippen molar-refractivity contribution in [2.45, 2.75) is 76.7 Å². The van der Waals surface area contributed by atoms with Crippen molar-refractivity contribution in [2.24, 2.45) is 5.92 Å². The monoisotopic (exact) mass is 598 g/mol. The fourth-order valence-corrected chi connectivity index (χ4v) is 5.50. The Morgan fingerprint density at radius 3 is 2.35 bits per heavy atom. The Morgan fingerprint density at radius 1 is 1.07 bits per heavy atom. The van der Waals surface area contributed by atoms with Gasteiger partial charge in [0.1, 0.15) is 41.2 Å². The standard InChI is InChI=1S/C32H38O11/c1-16(2)11-12-32(41)23(15-33)43-31(28(37)29(32)38)42-22-14-19(30(39)40)13-20-25(22)27(36)24(17(3)26(20)35)21(34)10-9-18-7-5-4-6-8-18/h4-8,13-14,16,23,28-29,31,33,35-38,41H,9-12,15H2,1-3H3,(H,39,40)/t23-,28-,29-,31-,32-/m1/s1. The van der Waals surface area contributed by atoms with Gasteiger partial charge in [-0.05, 0) is 49.8 Å².